The van der Waals surface area contributed by atoms with Crippen molar-refractivity contribution in [1.82, 2.24) is 8.69 Å². The molecule has 0 spiro atoms. The van der Waals surface area contributed by atoms with Gasteiger partial charge in [0.1, 0.15) is 4.90 Å². The average molecular weight is 342 g/mol. The fourth-order valence-corrected chi connectivity index (χ4v) is 4.41. The first-order valence-corrected chi connectivity index (χ1v) is 9.70. The Balaban J connectivity index is 2.37. The van der Waals surface area contributed by atoms with E-state index >= 15 is 0 Å². The molecule has 1 aromatic heterocycles. The zero-order valence-corrected chi connectivity index (χ0v) is 13.9. The van der Waals surface area contributed by atoms with Crippen LogP contribution in [0.5, 0.6) is 0 Å². The molecule has 1 atom stereocenters. The van der Waals surface area contributed by atoms with E-state index in [2.05, 4.69) is 4.72 Å². The summed E-state index contributed by atoms with van der Waals surface area (Å²) < 4.78 is 52.5. The van der Waals surface area contributed by atoms with Crippen molar-refractivity contribution in [2.45, 2.75) is 36.1 Å². The van der Waals surface area contributed by atoms with Crippen LogP contribution in [0.4, 0.5) is 0 Å². The van der Waals surface area contributed by atoms with Gasteiger partial charge >= 0.3 is 0 Å². The van der Waals surface area contributed by atoms with E-state index in [4.69, 9.17) is 0 Å². The predicted octanol–water partition coefficient (Wildman–Crippen LogP) is 1.80. The Hall–Kier alpha value is -1.64. The first-order chi connectivity index (χ1) is 10.3. The third-order valence-electron chi connectivity index (χ3n) is 3.24. The highest BCUT2D eigenvalue weighted by Crippen LogP contribution is 2.17. The van der Waals surface area contributed by atoms with Crippen molar-refractivity contribution in [3.8, 4) is 0 Å². The highest BCUT2D eigenvalue weighted by molar-refractivity contribution is 7.90. The van der Waals surface area contributed by atoms with Gasteiger partial charge in [0.15, 0.2) is 0 Å². The largest absolute Gasteiger partial charge is 0.267 e. The second kappa shape index (κ2) is 6.23. The summed E-state index contributed by atoms with van der Waals surface area (Å²) in [5.74, 6) is 0. The van der Waals surface area contributed by atoms with Crippen molar-refractivity contribution in [3.05, 3.63) is 48.8 Å². The quantitative estimate of drug-likeness (QED) is 0.867. The van der Waals surface area contributed by atoms with Crippen molar-refractivity contribution < 1.29 is 16.8 Å². The minimum atomic E-state index is -3.79. The van der Waals surface area contributed by atoms with Gasteiger partial charge < -0.3 is 0 Å². The summed E-state index contributed by atoms with van der Waals surface area (Å²) in [5, 5.41) is 0. The lowest BCUT2D eigenvalue weighted by Gasteiger charge is -2.10. The molecule has 0 amide bonds. The summed E-state index contributed by atoms with van der Waals surface area (Å²) in [6.45, 7) is 3.60. The minimum Gasteiger partial charge on any atom is -0.248 e. The Morgan fingerprint density at radius 2 is 1.68 bits per heavy atom. The molecule has 6 nitrogen and oxygen atoms in total. The van der Waals surface area contributed by atoms with E-state index in [9.17, 15) is 16.8 Å². The van der Waals surface area contributed by atoms with Gasteiger partial charge in [-0.3, -0.25) is 0 Å². The number of sulfonamides is 1. The molecule has 0 saturated carbocycles. The summed E-state index contributed by atoms with van der Waals surface area (Å²) in [6, 6.07) is 8.89. The molecule has 8 heteroatoms. The Morgan fingerprint density at radius 3 is 2.27 bits per heavy atom. The standard InChI is InChI=1S/C14H18N2O4S2/c1-3-12(2)15-21(17,18)14-9-10-16(11-14)22(19,20)13-7-5-4-6-8-13/h4-12,15H,3H2,1-2H3/t12-/m0/s1. The Morgan fingerprint density at radius 1 is 1.05 bits per heavy atom. The Labute approximate surface area is 130 Å². The van der Waals surface area contributed by atoms with Crippen LogP contribution < -0.4 is 4.72 Å². The first-order valence-electron chi connectivity index (χ1n) is 6.78. The maximum Gasteiger partial charge on any atom is 0.267 e. The lowest BCUT2D eigenvalue weighted by Crippen LogP contribution is -2.31. The van der Waals surface area contributed by atoms with Gasteiger partial charge in [-0.1, -0.05) is 25.1 Å². The zero-order chi connectivity index (χ0) is 16.4. The van der Waals surface area contributed by atoms with Crippen molar-refractivity contribution in [1.29, 1.82) is 0 Å². The van der Waals surface area contributed by atoms with Gasteiger partial charge in [-0.25, -0.2) is 25.5 Å². The van der Waals surface area contributed by atoms with E-state index in [1.54, 1.807) is 25.1 Å². The van der Waals surface area contributed by atoms with Gasteiger partial charge in [0.25, 0.3) is 10.0 Å². The number of nitrogens with zero attached hydrogens (tertiary/aromatic N) is 1. The molecule has 0 fully saturated rings. The minimum absolute atomic E-state index is 0.0766. The maximum absolute atomic E-state index is 12.4. The molecular weight excluding hydrogens is 324 g/mol. The average Bonchev–Trinajstić information content (AvgIpc) is 2.99. The normalized spacial score (nSPS) is 13.9. The van der Waals surface area contributed by atoms with E-state index < -0.39 is 20.0 Å². The molecule has 1 N–H and O–H groups in total. The Bertz CT molecular complexity index is 840. The molecule has 1 aromatic carbocycles. The predicted molar refractivity (Wildman–Crippen MR) is 83.5 cm³/mol. The van der Waals surface area contributed by atoms with Gasteiger partial charge in [-0.15, -0.1) is 0 Å². The van der Waals surface area contributed by atoms with Crippen LogP contribution in [0, 0.1) is 0 Å². The maximum atomic E-state index is 12.4. The molecule has 0 aliphatic rings. The summed E-state index contributed by atoms with van der Waals surface area (Å²) in [7, 11) is -7.52. The summed E-state index contributed by atoms with van der Waals surface area (Å²) in [4.78, 5) is 0.0248. The van der Waals surface area contributed by atoms with Gasteiger partial charge in [-0.2, -0.15) is 0 Å². The molecule has 120 valence electrons. The van der Waals surface area contributed by atoms with Gasteiger partial charge in [0, 0.05) is 18.4 Å². The fraction of sp³-hybridized carbons (Fsp3) is 0.286. The zero-order valence-electron chi connectivity index (χ0n) is 12.3. The van der Waals surface area contributed by atoms with Crippen LogP contribution in [-0.4, -0.2) is 26.8 Å². The van der Waals surface area contributed by atoms with Crippen LogP contribution in [0.1, 0.15) is 20.3 Å². The van der Waals surface area contributed by atoms with Crippen molar-refractivity contribution in [2.75, 3.05) is 0 Å². The third-order valence-corrected chi connectivity index (χ3v) is 6.46. The van der Waals surface area contributed by atoms with E-state index in [0.717, 1.165) is 10.2 Å². The van der Waals surface area contributed by atoms with Gasteiger partial charge in [-0.05, 0) is 31.5 Å². The highest BCUT2D eigenvalue weighted by Gasteiger charge is 2.22. The van der Waals surface area contributed by atoms with Crippen LogP contribution in [0.3, 0.4) is 0 Å². The topological polar surface area (TPSA) is 85.2 Å². The van der Waals surface area contributed by atoms with Crippen LogP contribution in [0.2, 0.25) is 0 Å². The van der Waals surface area contributed by atoms with E-state index in [1.165, 1.54) is 24.4 Å². The van der Waals surface area contributed by atoms with E-state index in [0.29, 0.717) is 6.42 Å². The summed E-state index contributed by atoms with van der Waals surface area (Å²) >= 11 is 0. The first kappa shape index (κ1) is 16.7. The molecule has 22 heavy (non-hydrogen) atoms. The summed E-state index contributed by atoms with van der Waals surface area (Å²) in [5.41, 5.74) is 0. The highest BCUT2D eigenvalue weighted by atomic mass is 32.2. The molecule has 2 aromatic rings. The second-order valence-corrected chi connectivity index (χ2v) is 8.48. The van der Waals surface area contributed by atoms with Crippen LogP contribution in [0.25, 0.3) is 0 Å². The van der Waals surface area contributed by atoms with Crippen molar-refractivity contribution in [2.24, 2.45) is 0 Å². The van der Waals surface area contributed by atoms with E-state index in [-0.39, 0.29) is 15.8 Å². The van der Waals surface area contributed by atoms with Crippen LogP contribution in [0.15, 0.2) is 58.6 Å². The number of benzene rings is 1. The monoisotopic (exact) mass is 342 g/mol. The number of nitrogens with one attached hydrogen (secondary N) is 1. The molecule has 0 bridgehead atoms. The Kier molecular flexibility index (Phi) is 4.74. The second-order valence-electron chi connectivity index (χ2n) is 4.93. The van der Waals surface area contributed by atoms with Gasteiger partial charge in [0.05, 0.1) is 4.90 Å². The lowest BCUT2D eigenvalue weighted by atomic mass is 10.3. The molecule has 0 unspecified atom stereocenters. The molecule has 1 heterocycles. The molecule has 0 saturated heterocycles. The number of aromatic nitrogens is 1. The molecule has 2 rings (SSSR count). The third kappa shape index (κ3) is 3.40. The number of rotatable bonds is 6. The summed E-state index contributed by atoms with van der Waals surface area (Å²) in [6.07, 6.45) is 2.98. The fourth-order valence-electron chi connectivity index (χ4n) is 1.80. The van der Waals surface area contributed by atoms with Crippen LogP contribution in [-0.2, 0) is 20.0 Å². The molecule has 0 aliphatic heterocycles. The lowest BCUT2D eigenvalue weighted by molar-refractivity contribution is 0.556. The number of hydrogen-bond acceptors (Lipinski definition) is 4. The van der Waals surface area contributed by atoms with E-state index in [1.807, 2.05) is 6.92 Å². The number of hydrogen-bond donors (Lipinski definition) is 1. The molecule has 0 radical (unpaired) electrons. The van der Waals surface area contributed by atoms with Crippen molar-refractivity contribution >= 4 is 20.0 Å². The smallest absolute Gasteiger partial charge is 0.248 e. The SMILES string of the molecule is CC[C@H](C)NS(=O)(=O)c1ccn(S(=O)(=O)c2ccccc2)c1. The molecule has 0 aliphatic carbocycles. The van der Waals surface area contributed by atoms with Crippen molar-refractivity contribution in [3.63, 3.8) is 0 Å². The van der Waals surface area contributed by atoms with Gasteiger partial charge in [0.2, 0.25) is 10.0 Å². The van der Waals surface area contributed by atoms with Crippen LogP contribution >= 0.6 is 0 Å². The molecular formula is C14H18N2O4S2.